The van der Waals surface area contributed by atoms with Gasteiger partial charge in [0.2, 0.25) is 0 Å². The summed E-state index contributed by atoms with van der Waals surface area (Å²) in [6.07, 6.45) is 4.11. The van der Waals surface area contributed by atoms with Crippen molar-refractivity contribution in [3.8, 4) is 0 Å². The highest BCUT2D eigenvalue weighted by atomic mass is 35.5. The molecular formula is C6H6Cl2N2O2. The SMILES string of the molecule is NC1C(Cl)=CC=CC1(Cl)[N+](=O)[O-]. The first-order valence-electron chi connectivity index (χ1n) is 3.12. The van der Waals surface area contributed by atoms with Gasteiger partial charge in [0, 0.05) is 16.0 Å². The summed E-state index contributed by atoms with van der Waals surface area (Å²) in [5, 5.41) is 10.7. The van der Waals surface area contributed by atoms with Crippen molar-refractivity contribution in [1.29, 1.82) is 0 Å². The zero-order valence-electron chi connectivity index (χ0n) is 5.91. The molecule has 0 aliphatic heterocycles. The Labute approximate surface area is 78.8 Å². The van der Waals surface area contributed by atoms with Crippen molar-refractivity contribution in [1.82, 2.24) is 0 Å². The molecule has 0 amide bonds. The number of alkyl halides is 1. The topological polar surface area (TPSA) is 69.2 Å². The minimum absolute atomic E-state index is 0.184. The summed E-state index contributed by atoms with van der Waals surface area (Å²) in [4.78, 5) is 8.03. The molecule has 2 unspecified atom stereocenters. The zero-order chi connectivity index (χ0) is 9.35. The second-order valence-electron chi connectivity index (χ2n) is 2.37. The Morgan fingerprint density at radius 3 is 2.75 bits per heavy atom. The summed E-state index contributed by atoms with van der Waals surface area (Å²) >= 11 is 11.2. The minimum Gasteiger partial charge on any atom is -0.316 e. The van der Waals surface area contributed by atoms with Gasteiger partial charge in [-0.1, -0.05) is 17.7 Å². The number of hydrogen-bond acceptors (Lipinski definition) is 3. The van der Waals surface area contributed by atoms with E-state index in [9.17, 15) is 10.1 Å². The standard InChI is InChI=1S/C6H6Cl2N2O2/c7-4-2-1-3-6(8,5(4)9)10(11)12/h1-3,5H,9H2. The van der Waals surface area contributed by atoms with Crippen LogP contribution in [-0.4, -0.2) is 16.0 Å². The lowest BCUT2D eigenvalue weighted by Crippen LogP contribution is -2.49. The van der Waals surface area contributed by atoms with Crippen LogP contribution in [0.25, 0.3) is 0 Å². The van der Waals surface area contributed by atoms with Gasteiger partial charge in [0.15, 0.2) is 0 Å². The number of nitrogens with two attached hydrogens (primary N) is 1. The minimum atomic E-state index is -1.80. The van der Waals surface area contributed by atoms with Crippen LogP contribution in [0.3, 0.4) is 0 Å². The number of halogens is 2. The molecule has 0 spiro atoms. The van der Waals surface area contributed by atoms with Gasteiger partial charge < -0.3 is 5.73 Å². The summed E-state index contributed by atoms with van der Waals surface area (Å²) in [5.74, 6) is 0. The van der Waals surface area contributed by atoms with E-state index < -0.39 is 16.0 Å². The molecule has 1 aliphatic rings. The van der Waals surface area contributed by atoms with E-state index in [0.29, 0.717) is 0 Å². The van der Waals surface area contributed by atoms with Crippen molar-refractivity contribution in [3.63, 3.8) is 0 Å². The van der Waals surface area contributed by atoms with Crippen LogP contribution in [0.4, 0.5) is 0 Å². The van der Waals surface area contributed by atoms with Gasteiger partial charge in [0.05, 0.1) is 0 Å². The predicted octanol–water partition coefficient (Wildman–Crippen LogP) is 1.22. The van der Waals surface area contributed by atoms with Crippen molar-refractivity contribution >= 4 is 23.2 Å². The lowest BCUT2D eigenvalue weighted by atomic mass is 10.0. The third-order valence-corrected chi connectivity index (χ3v) is 2.46. The predicted molar refractivity (Wildman–Crippen MR) is 46.6 cm³/mol. The first kappa shape index (κ1) is 9.51. The highest BCUT2D eigenvalue weighted by Crippen LogP contribution is 2.30. The maximum Gasteiger partial charge on any atom is 0.333 e. The van der Waals surface area contributed by atoms with Crippen LogP contribution in [0.2, 0.25) is 0 Å². The van der Waals surface area contributed by atoms with Crippen LogP contribution in [0.15, 0.2) is 23.3 Å². The van der Waals surface area contributed by atoms with Crippen molar-refractivity contribution in [2.75, 3.05) is 0 Å². The Bertz CT molecular complexity index is 277. The number of allylic oxidation sites excluding steroid dienone is 2. The van der Waals surface area contributed by atoms with Crippen molar-refractivity contribution in [3.05, 3.63) is 33.4 Å². The third-order valence-electron chi connectivity index (χ3n) is 1.60. The van der Waals surface area contributed by atoms with Gasteiger partial charge in [-0.25, -0.2) is 0 Å². The average molecular weight is 209 g/mol. The molecule has 4 nitrogen and oxygen atoms in total. The lowest BCUT2D eigenvalue weighted by Gasteiger charge is -2.23. The highest BCUT2D eigenvalue weighted by molar-refractivity contribution is 6.33. The Kier molecular flexibility index (Phi) is 2.41. The molecule has 0 aromatic carbocycles. The Morgan fingerprint density at radius 1 is 1.75 bits per heavy atom. The first-order valence-corrected chi connectivity index (χ1v) is 3.88. The lowest BCUT2D eigenvalue weighted by molar-refractivity contribution is -0.529. The second-order valence-corrected chi connectivity index (χ2v) is 3.41. The Balaban J connectivity index is 3.03. The zero-order valence-corrected chi connectivity index (χ0v) is 7.42. The van der Waals surface area contributed by atoms with Gasteiger partial charge in [-0.15, -0.1) is 0 Å². The largest absolute Gasteiger partial charge is 0.333 e. The van der Waals surface area contributed by atoms with E-state index in [2.05, 4.69) is 0 Å². The quantitative estimate of drug-likeness (QED) is 0.305. The van der Waals surface area contributed by atoms with E-state index in [1.165, 1.54) is 18.2 Å². The molecule has 0 aromatic rings. The van der Waals surface area contributed by atoms with Gasteiger partial charge in [0.1, 0.15) is 6.04 Å². The Morgan fingerprint density at radius 2 is 2.33 bits per heavy atom. The van der Waals surface area contributed by atoms with Crippen molar-refractivity contribution in [2.24, 2.45) is 5.73 Å². The molecule has 1 aliphatic carbocycles. The number of nitro groups is 1. The van der Waals surface area contributed by atoms with Crippen LogP contribution in [0.5, 0.6) is 0 Å². The molecule has 12 heavy (non-hydrogen) atoms. The molecule has 6 heteroatoms. The van der Waals surface area contributed by atoms with Gasteiger partial charge in [-0.3, -0.25) is 10.1 Å². The number of rotatable bonds is 1. The smallest absolute Gasteiger partial charge is 0.316 e. The molecule has 66 valence electrons. The fraction of sp³-hybridized carbons (Fsp3) is 0.333. The van der Waals surface area contributed by atoms with Crippen LogP contribution >= 0.6 is 23.2 Å². The highest BCUT2D eigenvalue weighted by Gasteiger charge is 2.47. The molecule has 0 saturated heterocycles. The van der Waals surface area contributed by atoms with Crippen LogP contribution in [0, 0.1) is 10.1 Å². The molecule has 2 N–H and O–H groups in total. The van der Waals surface area contributed by atoms with E-state index in [0.717, 1.165) is 0 Å². The maximum absolute atomic E-state index is 10.5. The molecular weight excluding hydrogens is 203 g/mol. The third kappa shape index (κ3) is 1.33. The van der Waals surface area contributed by atoms with Gasteiger partial charge in [0.25, 0.3) is 0 Å². The molecule has 0 radical (unpaired) electrons. The fourth-order valence-electron chi connectivity index (χ4n) is 0.850. The number of nitrogens with zero attached hydrogens (tertiary/aromatic N) is 1. The van der Waals surface area contributed by atoms with Gasteiger partial charge in [-0.05, 0) is 17.7 Å². The normalized spacial score (nSPS) is 34.6. The summed E-state index contributed by atoms with van der Waals surface area (Å²) < 4.78 is 0. The van der Waals surface area contributed by atoms with E-state index in [-0.39, 0.29) is 5.03 Å². The van der Waals surface area contributed by atoms with E-state index in [4.69, 9.17) is 28.9 Å². The van der Waals surface area contributed by atoms with E-state index in [1.807, 2.05) is 0 Å². The van der Waals surface area contributed by atoms with Crippen LogP contribution in [-0.2, 0) is 0 Å². The summed E-state index contributed by atoms with van der Waals surface area (Å²) in [5.41, 5.74) is 5.43. The monoisotopic (exact) mass is 208 g/mol. The molecule has 0 bridgehead atoms. The fourth-order valence-corrected chi connectivity index (χ4v) is 1.34. The van der Waals surface area contributed by atoms with E-state index in [1.54, 1.807) is 0 Å². The molecule has 0 fully saturated rings. The molecule has 2 atom stereocenters. The van der Waals surface area contributed by atoms with E-state index >= 15 is 0 Å². The molecule has 0 heterocycles. The van der Waals surface area contributed by atoms with Crippen molar-refractivity contribution < 1.29 is 4.92 Å². The maximum atomic E-state index is 10.5. The Hall–Kier alpha value is -0.580. The number of hydrogen-bond donors (Lipinski definition) is 1. The van der Waals surface area contributed by atoms with Gasteiger partial charge in [-0.2, -0.15) is 0 Å². The summed E-state index contributed by atoms with van der Waals surface area (Å²) in [6, 6.07) is -0.985. The first-order chi connectivity index (χ1) is 5.48. The second kappa shape index (κ2) is 3.05. The molecule has 1 rings (SSSR count). The average Bonchev–Trinajstić information content (AvgIpc) is 2.00. The molecule has 0 saturated carbocycles. The van der Waals surface area contributed by atoms with Crippen LogP contribution < -0.4 is 5.73 Å². The summed E-state index contributed by atoms with van der Waals surface area (Å²) in [7, 11) is 0. The van der Waals surface area contributed by atoms with Gasteiger partial charge >= 0.3 is 5.00 Å². The summed E-state index contributed by atoms with van der Waals surface area (Å²) in [6.45, 7) is 0. The molecule has 0 aromatic heterocycles. The van der Waals surface area contributed by atoms with Crippen LogP contribution in [0.1, 0.15) is 0 Å². The van der Waals surface area contributed by atoms with Crippen molar-refractivity contribution in [2.45, 2.75) is 11.0 Å².